The lowest BCUT2D eigenvalue weighted by Gasteiger charge is -2.10. The fourth-order valence-corrected chi connectivity index (χ4v) is 5.13. The number of benzene rings is 1. The Morgan fingerprint density at radius 3 is 2.54 bits per heavy atom. The number of hydrogen-bond donors (Lipinski definition) is 3. The van der Waals surface area contributed by atoms with Crippen molar-refractivity contribution >= 4 is 50.7 Å². The first-order chi connectivity index (χ1) is 17.6. The fourth-order valence-electron chi connectivity index (χ4n) is 3.99. The van der Waals surface area contributed by atoms with Crippen molar-refractivity contribution < 1.29 is 18.4 Å². The number of thiophene rings is 1. The van der Waals surface area contributed by atoms with Crippen LogP contribution in [-0.2, 0) is 7.05 Å². The van der Waals surface area contributed by atoms with Gasteiger partial charge in [0.25, 0.3) is 18.2 Å². The number of H-pyrrole nitrogens is 1. The van der Waals surface area contributed by atoms with Crippen LogP contribution in [0.4, 0.5) is 14.5 Å². The summed E-state index contributed by atoms with van der Waals surface area (Å²) in [6, 6.07) is 9.68. The number of pyridine rings is 1. The maximum atomic E-state index is 13.7. The number of nitrogens with one attached hydrogen (secondary N) is 2. The molecule has 4 aromatic heterocycles. The number of nitrogens with zero attached hydrogens (tertiary/aromatic N) is 4. The lowest BCUT2D eigenvalue weighted by Crippen LogP contribution is -2.17. The number of nitrogens with two attached hydrogens (primary N) is 1. The number of aryl methyl sites for hydroxylation is 2. The van der Waals surface area contributed by atoms with E-state index < -0.39 is 23.9 Å². The van der Waals surface area contributed by atoms with Gasteiger partial charge in [-0.1, -0.05) is 23.7 Å². The van der Waals surface area contributed by atoms with Crippen LogP contribution < -0.4 is 11.1 Å². The van der Waals surface area contributed by atoms with Crippen LogP contribution in [0.3, 0.4) is 0 Å². The van der Waals surface area contributed by atoms with Crippen LogP contribution in [0.5, 0.6) is 0 Å². The molecule has 1 aromatic carbocycles. The van der Waals surface area contributed by atoms with Crippen molar-refractivity contribution in [1.29, 1.82) is 0 Å². The molecule has 5 aromatic rings. The molecule has 0 aliphatic heterocycles. The Labute approximate surface area is 217 Å². The highest BCUT2D eigenvalue weighted by Crippen LogP contribution is 2.43. The van der Waals surface area contributed by atoms with Crippen LogP contribution in [0.15, 0.2) is 42.6 Å². The Hall–Kier alpha value is -4.16. The fraction of sp³-hybridized carbons (Fsp3) is 0.125. The first-order valence-electron chi connectivity index (χ1n) is 10.8. The second-order valence-corrected chi connectivity index (χ2v) is 9.61. The third-order valence-electron chi connectivity index (χ3n) is 5.63. The number of fused-ring (bicyclic) bond motifs is 1. The van der Waals surface area contributed by atoms with Crippen LogP contribution in [-0.4, -0.2) is 36.8 Å². The van der Waals surface area contributed by atoms with Gasteiger partial charge in [0.1, 0.15) is 21.1 Å². The maximum absolute atomic E-state index is 13.7. The molecule has 0 saturated carbocycles. The summed E-state index contributed by atoms with van der Waals surface area (Å²) in [4.78, 5) is 29.7. The van der Waals surface area contributed by atoms with E-state index in [9.17, 15) is 18.4 Å². The van der Waals surface area contributed by atoms with E-state index in [1.807, 2.05) is 0 Å². The smallest absolute Gasteiger partial charge is 0.280 e. The van der Waals surface area contributed by atoms with Gasteiger partial charge >= 0.3 is 0 Å². The molecule has 0 fully saturated rings. The molecular formula is C24H18ClF2N7O2S. The van der Waals surface area contributed by atoms with Gasteiger partial charge in [0.15, 0.2) is 0 Å². The zero-order valence-corrected chi connectivity index (χ0v) is 20.9. The monoisotopic (exact) mass is 541 g/mol. The van der Waals surface area contributed by atoms with Crippen LogP contribution in [0.25, 0.3) is 32.6 Å². The largest absolute Gasteiger partial charge is 0.365 e. The second kappa shape index (κ2) is 9.37. The molecule has 9 nitrogen and oxygen atoms in total. The Morgan fingerprint density at radius 2 is 1.92 bits per heavy atom. The summed E-state index contributed by atoms with van der Waals surface area (Å²) >= 11 is 6.76. The molecule has 5 rings (SSSR count). The van der Waals surface area contributed by atoms with E-state index in [-0.39, 0.29) is 21.1 Å². The zero-order chi connectivity index (χ0) is 26.4. The van der Waals surface area contributed by atoms with E-state index in [0.29, 0.717) is 32.9 Å². The topological polar surface area (TPSA) is 132 Å². The SMILES string of the molecule is Cc1nn(C)cc1-c1cc(C(F)F)nc2sc(C(N)=O)c(NC(=O)c3cc(-c4ccc(Cl)cc4)n[nH]3)c12. The second-order valence-electron chi connectivity index (χ2n) is 8.18. The maximum Gasteiger partial charge on any atom is 0.280 e. The normalized spacial score (nSPS) is 11.4. The lowest BCUT2D eigenvalue weighted by atomic mass is 10.0. The average Bonchev–Trinajstić information content (AvgIpc) is 3.56. The highest BCUT2D eigenvalue weighted by Gasteiger charge is 2.26. The van der Waals surface area contributed by atoms with Crippen molar-refractivity contribution in [1.82, 2.24) is 25.0 Å². The molecule has 0 saturated heterocycles. The molecule has 0 atom stereocenters. The predicted octanol–water partition coefficient (Wildman–Crippen LogP) is 5.34. The molecule has 0 unspecified atom stereocenters. The molecule has 37 heavy (non-hydrogen) atoms. The van der Waals surface area contributed by atoms with Gasteiger partial charge < -0.3 is 11.1 Å². The van der Waals surface area contributed by atoms with Crippen molar-refractivity contribution in [2.45, 2.75) is 13.3 Å². The van der Waals surface area contributed by atoms with Crippen molar-refractivity contribution in [2.24, 2.45) is 12.8 Å². The Bertz CT molecular complexity index is 1670. The number of aromatic amines is 1. The minimum absolute atomic E-state index is 0.0255. The van der Waals surface area contributed by atoms with Crippen molar-refractivity contribution in [2.75, 3.05) is 5.32 Å². The quantitative estimate of drug-likeness (QED) is 0.267. The molecular weight excluding hydrogens is 524 g/mol. The third-order valence-corrected chi connectivity index (χ3v) is 6.98. The summed E-state index contributed by atoms with van der Waals surface area (Å²) in [6.45, 7) is 1.73. The van der Waals surface area contributed by atoms with Crippen LogP contribution in [0.1, 0.15) is 38.0 Å². The number of rotatable bonds is 6. The molecule has 188 valence electrons. The first kappa shape index (κ1) is 24.5. The van der Waals surface area contributed by atoms with Gasteiger partial charge in [-0.05, 0) is 36.8 Å². The minimum atomic E-state index is -2.85. The number of anilines is 1. The molecule has 0 bridgehead atoms. The molecule has 13 heteroatoms. The van der Waals surface area contributed by atoms with E-state index in [0.717, 1.165) is 16.9 Å². The number of primary amides is 1. The number of alkyl halides is 2. The van der Waals surface area contributed by atoms with Gasteiger partial charge in [0, 0.05) is 34.8 Å². The van der Waals surface area contributed by atoms with Gasteiger partial charge in [0.05, 0.1) is 17.1 Å². The Kier molecular flexibility index (Phi) is 6.21. The highest BCUT2D eigenvalue weighted by atomic mass is 35.5. The Morgan fingerprint density at radius 1 is 1.19 bits per heavy atom. The number of carbonyl (C=O) groups excluding carboxylic acids is 2. The summed E-state index contributed by atoms with van der Waals surface area (Å²) < 4.78 is 28.9. The number of carbonyl (C=O) groups is 2. The first-order valence-corrected chi connectivity index (χ1v) is 12.0. The molecule has 2 amide bonds. The lowest BCUT2D eigenvalue weighted by molar-refractivity contribution is 0.100. The minimum Gasteiger partial charge on any atom is -0.365 e. The molecule has 4 heterocycles. The summed E-state index contributed by atoms with van der Waals surface area (Å²) in [5.74, 6) is -1.45. The van der Waals surface area contributed by atoms with E-state index in [1.54, 1.807) is 49.1 Å². The van der Waals surface area contributed by atoms with Crippen LogP contribution >= 0.6 is 22.9 Å². The van der Waals surface area contributed by atoms with Gasteiger partial charge in [-0.25, -0.2) is 13.8 Å². The molecule has 0 radical (unpaired) electrons. The van der Waals surface area contributed by atoms with Crippen molar-refractivity contribution in [3.05, 3.63) is 69.6 Å². The van der Waals surface area contributed by atoms with Gasteiger partial charge in [-0.3, -0.25) is 19.4 Å². The molecule has 0 aliphatic rings. The number of hydrogen-bond acceptors (Lipinski definition) is 6. The third kappa shape index (κ3) is 4.56. The van der Waals surface area contributed by atoms with E-state index in [4.69, 9.17) is 17.3 Å². The Balaban J connectivity index is 1.63. The summed E-state index contributed by atoms with van der Waals surface area (Å²) in [5, 5.41) is 14.7. The molecule has 0 spiro atoms. The summed E-state index contributed by atoms with van der Waals surface area (Å²) in [6.07, 6.45) is -1.19. The summed E-state index contributed by atoms with van der Waals surface area (Å²) in [5.41, 5.74) is 8.01. The van der Waals surface area contributed by atoms with Crippen molar-refractivity contribution in [3.8, 4) is 22.4 Å². The van der Waals surface area contributed by atoms with Gasteiger partial charge in [-0.2, -0.15) is 10.2 Å². The van der Waals surface area contributed by atoms with E-state index in [1.165, 1.54) is 12.1 Å². The van der Waals surface area contributed by atoms with Crippen LogP contribution in [0, 0.1) is 6.92 Å². The zero-order valence-electron chi connectivity index (χ0n) is 19.3. The summed E-state index contributed by atoms with van der Waals surface area (Å²) in [7, 11) is 1.70. The molecule has 0 aliphatic carbocycles. The van der Waals surface area contributed by atoms with Gasteiger partial charge in [-0.15, -0.1) is 11.3 Å². The predicted molar refractivity (Wildman–Crippen MR) is 137 cm³/mol. The average molecular weight is 542 g/mol. The number of halogens is 3. The van der Waals surface area contributed by atoms with E-state index in [2.05, 4.69) is 25.6 Å². The molecule has 4 N–H and O–H groups in total. The standard InChI is InChI=1S/C24H18ClF2N7O2S/c1-10-14(9-34(2)33-10)13-7-16(21(26)27)29-24-18(13)19(20(37-24)22(28)35)30-23(36)17-8-15(31-32-17)11-3-5-12(25)6-4-11/h3-9,21H,1-2H3,(H2,28,35)(H,30,36)(H,31,32). The van der Waals surface area contributed by atoms with Gasteiger partial charge in [0.2, 0.25) is 0 Å². The number of aromatic nitrogens is 5. The number of amides is 2. The van der Waals surface area contributed by atoms with Crippen LogP contribution in [0.2, 0.25) is 5.02 Å². The van der Waals surface area contributed by atoms with Crippen molar-refractivity contribution in [3.63, 3.8) is 0 Å². The van der Waals surface area contributed by atoms with E-state index >= 15 is 0 Å². The highest BCUT2D eigenvalue weighted by molar-refractivity contribution is 7.21.